The number of nitrogens with zero attached hydrogens (tertiary/aromatic N) is 2. The second kappa shape index (κ2) is 3.12. The van der Waals surface area contributed by atoms with E-state index in [0.29, 0.717) is 12.1 Å². The summed E-state index contributed by atoms with van der Waals surface area (Å²) in [5, 5.41) is 9.59. The van der Waals surface area contributed by atoms with E-state index < -0.39 is 0 Å². The molecular weight excluding hydrogens is 180 g/mol. The predicted molar refractivity (Wildman–Crippen MR) is 49.5 cm³/mol. The summed E-state index contributed by atoms with van der Waals surface area (Å²) < 4.78 is 2.93. The molecule has 1 aromatic heterocycles. The zero-order chi connectivity index (χ0) is 10.3. The Morgan fingerprint density at radius 3 is 2.86 bits per heavy atom. The number of hydrogen-bond acceptors (Lipinski definition) is 2. The summed E-state index contributed by atoms with van der Waals surface area (Å²) in [6.07, 6.45) is 3.83. The molecule has 0 amide bonds. The van der Waals surface area contributed by atoms with Gasteiger partial charge in [-0.1, -0.05) is 4.73 Å². The van der Waals surface area contributed by atoms with Gasteiger partial charge in [0.2, 0.25) is 11.5 Å². The van der Waals surface area contributed by atoms with E-state index in [9.17, 15) is 10.0 Å². The highest BCUT2D eigenvalue weighted by Gasteiger charge is 2.33. The van der Waals surface area contributed by atoms with E-state index in [0.717, 1.165) is 23.3 Å². The first-order valence-corrected chi connectivity index (χ1v) is 4.99. The summed E-state index contributed by atoms with van der Waals surface area (Å²) in [5.74, 6) is 0.146. The summed E-state index contributed by atoms with van der Waals surface area (Å²) in [7, 11) is 0. The third kappa shape index (κ3) is 1.22. The van der Waals surface area contributed by atoms with Gasteiger partial charge in [0.05, 0.1) is 6.04 Å². The zero-order valence-electron chi connectivity index (χ0n) is 8.53. The Bertz CT molecular complexity index is 380. The van der Waals surface area contributed by atoms with Crippen molar-refractivity contribution in [1.82, 2.24) is 4.57 Å². The molecule has 0 aromatic carbocycles. The zero-order valence-corrected chi connectivity index (χ0v) is 8.53. The van der Waals surface area contributed by atoms with E-state index in [-0.39, 0.29) is 11.8 Å². The lowest BCUT2D eigenvalue weighted by molar-refractivity contribution is -0.909. The van der Waals surface area contributed by atoms with Crippen LogP contribution in [0.3, 0.4) is 0 Å². The minimum Gasteiger partial charge on any atom is -0.350 e. The van der Waals surface area contributed by atoms with Gasteiger partial charge in [0.1, 0.15) is 0 Å². The summed E-state index contributed by atoms with van der Waals surface area (Å²) in [6, 6.07) is 0.208. The summed E-state index contributed by atoms with van der Waals surface area (Å²) in [5.41, 5.74) is 1.45. The van der Waals surface area contributed by atoms with E-state index in [4.69, 9.17) is 0 Å². The summed E-state index contributed by atoms with van der Waals surface area (Å²) in [6.45, 7) is 4.00. The van der Waals surface area contributed by atoms with Crippen LogP contribution in [-0.4, -0.2) is 15.6 Å². The van der Waals surface area contributed by atoms with E-state index in [1.54, 1.807) is 6.33 Å². The van der Waals surface area contributed by atoms with Crippen LogP contribution >= 0.6 is 0 Å². The maximum Gasteiger partial charge on any atom is 0.285 e. The van der Waals surface area contributed by atoms with E-state index in [2.05, 4.69) is 0 Å². The molecular formula is C10H15N2O2+. The van der Waals surface area contributed by atoms with Crippen molar-refractivity contribution in [3.05, 3.63) is 17.7 Å². The number of hydrogen-bond donors (Lipinski definition) is 1. The van der Waals surface area contributed by atoms with Crippen molar-refractivity contribution in [3.8, 4) is 0 Å². The second-order valence-corrected chi connectivity index (χ2v) is 4.03. The van der Waals surface area contributed by atoms with Gasteiger partial charge in [0.25, 0.3) is 6.33 Å². The first-order valence-electron chi connectivity index (χ1n) is 4.99. The molecule has 1 aliphatic carbocycles. The molecule has 0 bridgehead atoms. The van der Waals surface area contributed by atoms with E-state index in [1.165, 1.54) is 0 Å². The molecule has 4 nitrogen and oxygen atoms in total. The molecule has 0 saturated heterocycles. The number of carbonyl (C=O) groups is 1. The lowest BCUT2D eigenvalue weighted by atomic mass is 9.99. The van der Waals surface area contributed by atoms with Crippen LogP contribution in [0.5, 0.6) is 0 Å². The number of ketones is 1. The van der Waals surface area contributed by atoms with Crippen LogP contribution in [0.1, 0.15) is 48.9 Å². The van der Waals surface area contributed by atoms with Gasteiger partial charge in [-0.15, -0.1) is 0 Å². The topological polar surface area (TPSA) is 46.1 Å². The highest BCUT2D eigenvalue weighted by molar-refractivity contribution is 5.96. The van der Waals surface area contributed by atoms with Crippen LogP contribution in [0, 0.1) is 0 Å². The molecule has 1 aromatic rings. The molecule has 0 atom stereocenters. The maximum absolute atomic E-state index is 11.7. The summed E-state index contributed by atoms with van der Waals surface area (Å²) in [4.78, 5) is 11.7. The number of aromatic nitrogens is 2. The van der Waals surface area contributed by atoms with Crippen LogP contribution < -0.4 is 4.73 Å². The molecule has 1 heterocycles. The third-order valence-corrected chi connectivity index (χ3v) is 2.68. The number of imidazole rings is 1. The van der Waals surface area contributed by atoms with Crippen molar-refractivity contribution in [2.75, 3.05) is 0 Å². The number of Topliss-reactive ketones (excluding diaryl/α,β-unsaturated/α-hetero) is 1. The fourth-order valence-electron chi connectivity index (χ4n) is 1.97. The molecule has 2 rings (SSSR count). The minimum atomic E-state index is 0.146. The monoisotopic (exact) mass is 195 g/mol. The Labute approximate surface area is 82.7 Å². The Morgan fingerprint density at radius 2 is 2.21 bits per heavy atom. The van der Waals surface area contributed by atoms with Crippen molar-refractivity contribution in [1.29, 1.82) is 0 Å². The molecule has 4 heteroatoms. The van der Waals surface area contributed by atoms with Gasteiger partial charge < -0.3 is 5.21 Å². The Morgan fingerprint density at radius 1 is 1.50 bits per heavy atom. The average molecular weight is 195 g/mol. The highest BCUT2D eigenvalue weighted by atomic mass is 16.5. The highest BCUT2D eigenvalue weighted by Crippen LogP contribution is 2.21. The molecule has 0 radical (unpaired) electrons. The van der Waals surface area contributed by atoms with Crippen molar-refractivity contribution in [2.45, 2.75) is 39.2 Å². The second-order valence-electron chi connectivity index (χ2n) is 4.03. The maximum atomic E-state index is 11.7. The first kappa shape index (κ1) is 9.24. The van der Waals surface area contributed by atoms with Crippen molar-refractivity contribution < 1.29 is 14.7 Å². The fraction of sp³-hybridized carbons (Fsp3) is 0.600. The van der Waals surface area contributed by atoms with Gasteiger partial charge in [0.15, 0.2) is 5.69 Å². The van der Waals surface area contributed by atoms with E-state index >= 15 is 0 Å². The largest absolute Gasteiger partial charge is 0.350 e. The lowest BCUT2D eigenvalue weighted by Crippen LogP contribution is -2.34. The van der Waals surface area contributed by atoms with Crippen LogP contribution in [0.25, 0.3) is 0 Å². The standard InChI is InChI=1S/C10H15N2O2/c1-7(2)11-6-12(14)8-4-3-5-9(13)10(8)11/h6-7,14H,3-5H2,1-2H3/q+1. The van der Waals surface area contributed by atoms with Crippen LogP contribution in [-0.2, 0) is 6.42 Å². The Balaban J connectivity index is 2.59. The molecule has 14 heavy (non-hydrogen) atoms. The number of carbonyl (C=O) groups excluding carboxylic acids is 1. The lowest BCUT2D eigenvalue weighted by Gasteiger charge is -2.08. The van der Waals surface area contributed by atoms with E-state index in [1.807, 2.05) is 18.4 Å². The van der Waals surface area contributed by atoms with Gasteiger partial charge in [-0.2, -0.15) is 0 Å². The van der Waals surface area contributed by atoms with Crippen LogP contribution in [0.2, 0.25) is 0 Å². The van der Waals surface area contributed by atoms with Gasteiger partial charge in [-0.25, -0.2) is 4.57 Å². The van der Waals surface area contributed by atoms with Crippen LogP contribution in [0.4, 0.5) is 0 Å². The normalized spacial score (nSPS) is 16.1. The van der Waals surface area contributed by atoms with Crippen LogP contribution in [0.15, 0.2) is 6.33 Å². The SMILES string of the molecule is CC(C)n1c[n+](O)c2c1C(=O)CCC2. The molecule has 76 valence electrons. The average Bonchev–Trinajstić information content (AvgIpc) is 2.46. The van der Waals surface area contributed by atoms with Gasteiger partial charge >= 0.3 is 0 Å². The smallest absolute Gasteiger partial charge is 0.285 e. The van der Waals surface area contributed by atoms with Crippen molar-refractivity contribution in [3.63, 3.8) is 0 Å². The molecule has 0 saturated carbocycles. The summed E-state index contributed by atoms with van der Waals surface area (Å²) >= 11 is 0. The quantitative estimate of drug-likeness (QED) is 0.539. The predicted octanol–water partition coefficient (Wildman–Crippen LogP) is 1.11. The van der Waals surface area contributed by atoms with Gasteiger partial charge in [0, 0.05) is 12.8 Å². The fourth-order valence-corrected chi connectivity index (χ4v) is 1.97. The molecule has 0 unspecified atom stereocenters. The number of rotatable bonds is 1. The minimum absolute atomic E-state index is 0.146. The Hall–Kier alpha value is -1.32. The first-order chi connectivity index (χ1) is 6.61. The van der Waals surface area contributed by atoms with Crippen molar-refractivity contribution >= 4 is 5.78 Å². The molecule has 0 fully saturated rings. The number of fused-ring (bicyclic) bond motifs is 1. The molecule has 1 N–H and O–H groups in total. The van der Waals surface area contributed by atoms with Gasteiger partial charge in [-0.3, -0.25) is 4.79 Å². The molecule has 0 aliphatic heterocycles. The van der Waals surface area contributed by atoms with Crippen molar-refractivity contribution in [2.24, 2.45) is 0 Å². The molecule has 1 aliphatic rings. The third-order valence-electron chi connectivity index (χ3n) is 2.68. The Kier molecular flexibility index (Phi) is 2.06. The molecule has 0 spiro atoms. The van der Waals surface area contributed by atoms with Gasteiger partial charge in [-0.05, 0) is 20.3 Å².